The van der Waals surface area contributed by atoms with Crippen LogP contribution in [0.15, 0.2) is 24.5 Å². The highest BCUT2D eigenvalue weighted by atomic mass is 16.5. The second-order valence-electron chi connectivity index (χ2n) is 3.64. The summed E-state index contributed by atoms with van der Waals surface area (Å²) >= 11 is 0. The first-order valence-corrected chi connectivity index (χ1v) is 5.46. The quantitative estimate of drug-likeness (QED) is 0.799. The molecule has 2 aromatic rings. The maximum absolute atomic E-state index is 11.3. The summed E-state index contributed by atoms with van der Waals surface area (Å²) in [6.07, 6.45) is 3.75. The molecular weight excluding hydrogens is 220 g/mol. The molecule has 90 valence electrons. The summed E-state index contributed by atoms with van der Waals surface area (Å²) in [5, 5.41) is 9.17. The Bertz CT molecular complexity index is 534. The highest BCUT2D eigenvalue weighted by Crippen LogP contribution is 2.11. The van der Waals surface area contributed by atoms with Gasteiger partial charge < -0.3 is 14.2 Å². The average Bonchev–Trinajstić information content (AvgIpc) is 2.70. The fourth-order valence-corrected chi connectivity index (χ4v) is 1.69. The second-order valence-corrected chi connectivity index (χ2v) is 3.64. The second kappa shape index (κ2) is 4.97. The molecule has 0 saturated carbocycles. The predicted octanol–water partition coefficient (Wildman–Crippen LogP) is 0.932. The lowest BCUT2D eigenvalue weighted by Crippen LogP contribution is -2.07. The maximum atomic E-state index is 11.3. The molecule has 17 heavy (non-hydrogen) atoms. The van der Waals surface area contributed by atoms with Gasteiger partial charge in [0.15, 0.2) is 0 Å². The zero-order chi connectivity index (χ0) is 12.3. The van der Waals surface area contributed by atoms with Gasteiger partial charge in [-0.15, -0.1) is 0 Å². The van der Waals surface area contributed by atoms with Gasteiger partial charge in [0.2, 0.25) is 0 Å². The van der Waals surface area contributed by atoms with Gasteiger partial charge in [-0.2, -0.15) is 0 Å². The molecule has 2 heterocycles. The van der Waals surface area contributed by atoms with Gasteiger partial charge >= 0.3 is 5.97 Å². The molecule has 0 unspecified atom stereocenters. The van der Waals surface area contributed by atoms with E-state index in [0.29, 0.717) is 17.9 Å². The minimum Gasteiger partial charge on any atom is -0.466 e. The zero-order valence-corrected chi connectivity index (χ0v) is 9.59. The van der Waals surface area contributed by atoms with Gasteiger partial charge in [-0.25, -0.2) is 4.98 Å². The standard InChI is InChI=1S/C12H14N2O3/c1-2-17-11(16)6-10-7-14-5-3-4-9(8-15)12(14)13-10/h3-5,7,15H,2,6,8H2,1H3. The fraction of sp³-hybridized carbons (Fsp3) is 0.333. The molecule has 0 aliphatic rings. The van der Waals surface area contributed by atoms with Crippen LogP contribution in [0.3, 0.4) is 0 Å². The number of aromatic nitrogens is 2. The molecule has 0 amide bonds. The van der Waals surface area contributed by atoms with Crippen molar-refractivity contribution < 1.29 is 14.6 Å². The normalized spacial score (nSPS) is 10.7. The van der Waals surface area contributed by atoms with E-state index in [1.54, 1.807) is 23.6 Å². The molecule has 5 nitrogen and oxygen atoms in total. The number of imidazole rings is 1. The fourth-order valence-electron chi connectivity index (χ4n) is 1.69. The molecule has 2 aromatic heterocycles. The van der Waals surface area contributed by atoms with E-state index in [0.717, 1.165) is 5.56 Å². The van der Waals surface area contributed by atoms with Crippen molar-refractivity contribution >= 4 is 11.6 Å². The number of fused-ring (bicyclic) bond motifs is 1. The molecule has 0 aliphatic heterocycles. The third kappa shape index (κ3) is 2.45. The molecule has 0 bridgehead atoms. The number of carbonyl (C=O) groups excluding carboxylic acids is 1. The van der Waals surface area contributed by atoms with Crippen LogP contribution in [-0.2, 0) is 22.6 Å². The average molecular weight is 234 g/mol. The number of nitrogens with zero attached hydrogens (tertiary/aromatic N) is 2. The minimum atomic E-state index is -0.290. The van der Waals surface area contributed by atoms with Crippen LogP contribution >= 0.6 is 0 Å². The van der Waals surface area contributed by atoms with E-state index >= 15 is 0 Å². The van der Waals surface area contributed by atoms with E-state index in [1.165, 1.54) is 0 Å². The number of hydrogen-bond acceptors (Lipinski definition) is 4. The highest BCUT2D eigenvalue weighted by Gasteiger charge is 2.09. The maximum Gasteiger partial charge on any atom is 0.311 e. The third-order valence-corrected chi connectivity index (χ3v) is 2.41. The van der Waals surface area contributed by atoms with Crippen LogP contribution in [0.2, 0.25) is 0 Å². The molecule has 0 aromatic carbocycles. The lowest BCUT2D eigenvalue weighted by Gasteiger charge is -1.97. The van der Waals surface area contributed by atoms with Gasteiger partial charge in [0, 0.05) is 18.0 Å². The number of esters is 1. The first kappa shape index (κ1) is 11.6. The third-order valence-electron chi connectivity index (χ3n) is 2.41. The number of aliphatic hydroxyl groups excluding tert-OH is 1. The number of aliphatic hydroxyl groups is 1. The molecule has 0 fully saturated rings. The summed E-state index contributed by atoms with van der Waals surface area (Å²) in [6.45, 7) is 2.07. The number of hydrogen-bond donors (Lipinski definition) is 1. The Labute approximate surface area is 98.7 Å². The Morgan fingerprint density at radius 2 is 2.41 bits per heavy atom. The van der Waals surface area contributed by atoms with E-state index < -0.39 is 0 Å². The van der Waals surface area contributed by atoms with Crippen LogP contribution < -0.4 is 0 Å². The van der Waals surface area contributed by atoms with E-state index in [1.807, 2.05) is 12.3 Å². The summed E-state index contributed by atoms with van der Waals surface area (Å²) in [7, 11) is 0. The van der Waals surface area contributed by atoms with Gasteiger partial charge in [0.25, 0.3) is 0 Å². The number of carbonyl (C=O) groups is 1. The van der Waals surface area contributed by atoms with Gasteiger partial charge in [0.05, 0.1) is 25.3 Å². The number of rotatable bonds is 4. The van der Waals surface area contributed by atoms with Crippen LogP contribution in [-0.4, -0.2) is 27.1 Å². The SMILES string of the molecule is CCOC(=O)Cc1cn2cccc(CO)c2n1. The van der Waals surface area contributed by atoms with Gasteiger partial charge in [-0.05, 0) is 13.0 Å². The summed E-state index contributed by atoms with van der Waals surface area (Å²) < 4.78 is 6.65. The molecule has 0 aliphatic carbocycles. The first-order valence-electron chi connectivity index (χ1n) is 5.46. The molecule has 0 radical (unpaired) electrons. The number of ether oxygens (including phenoxy) is 1. The number of pyridine rings is 1. The van der Waals surface area contributed by atoms with Crippen LogP contribution in [0.4, 0.5) is 0 Å². The van der Waals surface area contributed by atoms with Crippen LogP contribution in [0.1, 0.15) is 18.2 Å². The topological polar surface area (TPSA) is 63.8 Å². The Balaban J connectivity index is 2.28. The lowest BCUT2D eigenvalue weighted by atomic mass is 10.3. The molecule has 1 N–H and O–H groups in total. The Morgan fingerprint density at radius 3 is 3.12 bits per heavy atom. The summed E-state index contributed by atoms with van der Waals surface area (Å²) in [5.74, 6) is -0.290. The Hall–Kier alpha value is -1.88. The molecular formula is C12H14N2O3. The van der Waals surface area contributed by atoms with Crippen molar-refractivity contribution in [2.45, 2.75) is 20.0 Å². The van der Waals surface area contributed by atoms with Crippen LogP contribution in [0.25, 0.3) is 5.65 Å². The summed E-state index contributed by atoms with van der Waals surface area (Å²) in [5.41, 5.74) is 2.06. The monoisotopic (exact) mass is 234 g/mol. The Morgan fingerprint density at radius 1 is 1.59 bits per heavy atom. The van der Waals surface area contributed by atoms with Crippen molar-refractivity contribution in [3.63, 3.8) is 0 Å². The minimum absolute atomic E-state index is 0.0692. The summed E-state index contributed by atoms with van der Waals surface area (Å²) in [4.78, 5) is 15.6. The van der Waals surface area contributed by atoms with Crippen molar-refractivity contribution in [1.29, 1.82) is 0 Å². The molecule has 5 heteroatoms. The van der Waals surface area contributed by atoms with Gasteiger partial charge in [-0.3, -0.25) is 4.79 Å². The smallest absolute Gasteiger partial charge is 0.311 e. The molecule has 0 saturated heterocycles. The lowest BCUT2D eigenvalue weighted by molar-refractivity contribution is -0.142. The van der Waals surface area contributed by atoms with Crippen molar-refractivity contribution in [3.8, 4) is 0 Å². The molecule has 0 atom stereocenters. The van der Waals surface area contributed by atoms with E-state index in [9.17, 15) is 4.79 Å². The van der Waals surface area contributed by atoms with E-state index in [4.69, 9.17) is 9.84 Å². The highest BCUT2D eigenvalue weighted by molar-refractivity contribution is 5.72. The summed E-state index contributed by atoms with van der Waals surface area (Å²) in [6, 6.07) is 3.63. The van der Waals surface area contributed by atoms with Crippen molar-refractivity contribution in [2.75, 3.05) is 6.61 Å². The molecule has 2 rings (SSSR count). The largest absolute Gasteiger partial charge is 0.466 e. The van der Waals surface area contributed by atoms with Crippen molar-refractivity contribution in [3.05, 3.63) is 35.8 Å². The van der Waals surface area contributed by atoms with E-state index in [-0.39, 0.29) is 19.0 Å². The molecule has 0 spiro atoms. The van der Waals surface area contributed by atoms with Gasteiger partial charge in [0.1, 0.15) is 5.65 Å². The van der Waals surface area contributed by atoms with Gasteiger partial charge in [-0.1, -0.05) is 6.07 Å². The van der Waals surface area contributed by atoms with Crippen molar-refractivity contribution in [2.24, 2.45) is 0 Å². The van der Waals surface area contributed by atoms with E-state index in [2.05, 4.69) is 4.98 Å². The first-order chi connectivity index (χ1) is 8.24. The predicted molar refractivity (Wildman–Crippen MR) is 61.5 cm³/mol. The van der Waals surface area contributed by atoms with Crippen molar-refractivity contribution in [1.82, 2.24) is 9.38 Å². The Kier molecular flexibility index (Phi) is 3.39. The van der Waals surface area contributed by atoms with Crippen LogP contribution in [0.5, 0.6) is 0 Å². The van der Waals surface area contributed by atoms with Crippen LogP contribution in [0, 0.1) is 0 Å². The zero-order valence-electron chi connectivity index (χ0n) is 9.59.